The van der Waals surface area contributed by atoms with Crippen molar-refractivity contribution < 1.29 is 14.3 Å². The van der Waals surface area contributed by atoms with Crippen LogP contribution in [0.2, 0.25) is 0 Å². The first-order valence-corrected chi connectivity index (χ1v) is 7.90. The van der Waals surface area contributed by atoms with Gasteiger partial charge < -0.3 is 14.8 Å². The van der Waals surface area contributed by atoms with Gasteiger partial charge in [-0.3, -0.25) is 4.79 Å². The van der Waals surface area contributed by atoms with Gasteiger partial charge in [-0.25, -0.2) is 0 Å². The second-order valence-corrected chi connectivity index (χ2v) is 5.61. The molecule has 24 heavy (non-hydrogen) atoms. The van der Waals surface area contributed by atoms with Crippen LogP contribution in [0.25, 0.3) is 0 Å². The lowest BCUT2D eigenvalue weighted by atomic mass is 10.2. The van der Waals surface area contributed by atoms with Gasteiger partial charge in [0.05, 0.1) is 17.7 Å². The molecule has 2 aromatic carbocycles. The molecule has 5 heteroatoms. The molecule has 0 aliphatic carbocycles. The van der Waals surface area contributed by atoms with Crippen LogP contribution in [0.1, 0.15) is 28.8 Å². The van der Waals surface area contributed by atoms with Crippen LogP contribution in [0.5, 0.6) is 5.75 Å². The number of nitrogens with zero attached hydrogens (tertiary/aromatic N) is 1. The van der Waals surface area contributed by atoms with Gasteiger partial charge in [0.25, 0.3) is 5.91 Å². The van der Waals surface area contributed by atoms with Crippen molar-refractivity contribution in [2.45, 2.75) is 18.9 Å². The van der Waals surface area contributed by atoms with E-state index < -0.39 is 0 Å². The Hall–Kier alpha value is -2.84. The number of ether oxygens (including phenoxy) is 2. The average Bonchev–Trinajstić information content (AvgIpc) is 3.14. The van der Waals surface area contributed by atoms with Gasteiger partial charge in [0.1, 0.15) is 12.4 Å². The molecule has 1 N–H and O–H groups in total. The first-order valence-electron chi connectivity index (χ1n) is 7.90. The molecule has 0 bridgehead atoms. The van der Waals surface area contributed by atoms with Crippen molar-refractivity contribution >= 4 is 11.6 Å². The van der Waals surface area contributed by atoms with Gasteiger partial charge in [-0.2, -0.15) is 5.26 Å². The van der Waals surface area contributed by atoms with Gasteiger partial charge in [0.15, 0.2) is 0 Å². The van der Waals surface area contributed by atoms with Gasteiger partial charge in [-0.1, -0.05) is 0 Å². The first-order chi connectivity index (χ1) is 11.7. The summed E-state index contributed by atoms with van der Waals surface area (Å²) in [4.78, 5) is 12.2. The predicted molar refractivity (Wildman–Crippen MR) is 90.0 cm³/mol. The van der Waals surface area contributed by atoms with E-state index in [2.05, 4.69) is 5.32 Å². The molecular formula is C19H18N2O3. The fraction of sp³-hybridized carbons (Fsp3) is 0.263. The maximum atomic E-state index is 12.2. The van der Waals surface area contributed by atoms with E-state index in [1.807, 2.05) is 6.07 Å². The third kappa shape index (κ3) is 4.12. The number of carbonyl (C=O) groups is 1. The molecule has 1 aliphatic heterocycles. The summed E-state index contributed by atoms with van der Waals surface area (Å²) < 4.78 is 11.2. The molecule has 0 spiro atoms. The second-order valence-electron chi connectivity index (χ2n) is 5.61. The smallest absolute Gasteiger partial charge is 0.255 e. The minimum absolute atomic E-state index is 0.171. The highest BCUT2D eigenvalue weighted by Gasteiger charge is 2.16. The number of nitriles is 1. The number of anilines is 1. The van der Waals surface area contributed by atoms with Gasteiger partial charge in [-0.15, -0.1) is 0 Å². The van der Waals surface area contributed by atoms with E-state index in [1.165, 1.54) is 0 Å². The van der Waals surface area contributed by atoms with Crippen LogP contribution in [0.4, 0.5) is 5.69 Å². The summed E-state index contributed by atoms with van der Waals surface area (Å²) in [6, 6.07) is 15.8. The number of amides is 1. The van der Waals surface area contributed by atoms with Crippen molar-refractivity contribution in [3.05, 3.63) is 59.7 Å². The third-order valence-electron chi connectivity index (χ3n) is 3.85. The molecular weight excluding hydrogens is 304 g/mol. The zero-order chi connectivity index (χ0) is 16.8. The lowest BCUT2D eigenvalue weighted by Crippen LogP contribution is -2.16. The minimum atomic E-state index is -0.203. The Bertz CT molecular complexity index is 727. The Morgan fingerprint density at radius 3 is 2.58 bits per heavy atom. The Balaban J connectivity index is 1.55. The normalized spacial score (nSPS) is 16.4. The Kier molecular flexibility index (Phi) is 5.09. The van der Waals surface area contributed by atoms with Crippen LogP contribution in [-0.4, -0.2) is 25.2 Å². The zero-order valence-electron chi connectivity index (χ0n) is 13.2. The molecule has 1 unspecified atom stereocenters. The zero-order valence-corrected chi connectivity index (χ0v) is 13.2. The summed E-state index contributed by atoms with van der Waals surface area (Å²) in [7, 11) is 0. The van der Waals surface area contributed by atoms with Crippen molar-refractivity contribution in [2.75, 3.05) is 18.5 Å². The van der Waals surface area contributed by atoms with Gasteiger partial charge in [-0.05, 0) is 61.4 Å². The van der Waals surface area contributed by atoms with Crippen LogP contribution in [0.15, 0.2) is 48.5 Å². The van der Waals surface area contributed by atoms with Crippen molar-refractivity contribution in [1.29, 1.82) is 5.26 Å². The molecule has 1 saturated heterocycles. The van der Waals surface area contributed by atoms with Crippen molar-refractivity contribution in [3.8, 4) is 11.8 Å². The molecule has 0 aromatic heterocycles. The van der Waals surface area contributed by atoms with Crippen LogP contribution >= 0.6 is 0 Å². The van der Waals surface area contributed by atoms with Crippen molar-refractivity contribution in [2.24, 2.45) is 0 Å². The van der Waals surface area contributed by atoms with E-state index in [9.17, 15) is 4.79 Å². The number of rotatable bonds is 5. The molecule has 1 atom stereocenters. The molecule has 1 heterocycles. The largest absolute Gasteiger partial charge is 0.491 e. The third-order valence-corrected chi connectivity index (χ3v) is 3.85. The first kappa shape index (κ1) is 16.0. The van der Waals surface area contributed by atoms with Crippen LogP contribution in [0, 0.1) is 11.3 Å². The molecule has 1 amide bonds. The van der Waals surface area contributed by atoms with Gasteiger partial charge in [0.2, 0.25) is 0 Å². The quantitative estimate of drug-likeness (QED) is 0.916. The van der Waals surface area contributed by atoms with Gasteiger partial charge >= 0.3 is 0 Å². The monoisotopic (exact) mass is 322 g/mol. The summed E-state index contributed by atoms with van der Waals surface area (Å²) >= 11 is 0. The summed E-state index contributed by atoms with van der Waals surface area (Å²) in [5, 5.41) is 11.6. The second kappa shape index (κ2) is 7.62. The molecule has 3 rings (SSSR count). The lowest BCUT2D eigenvalue weighted by molar-refractivity contribution is 0.0679. The standard InChI is InChI=1S/C19H18N2O3/c20-12-14-3-7-16(8-4-14)21-19(22)15-5-9-17(10-6-15)24-13-18-2-1-11-23-18/h3-10,18H,1-2,11,13H2,(H,21,22). The number of hydrogen-bond donors (Lipinski definition) is 1. The van der Waals surface area contributed by atoms with E-state index in [0.717, 1.165) is 25.2 Å². The number of benzene rings is 2. The van der Waals surface area contributed by atoms with Crippen LogP contribution in [-0.2, 0) is 4.74 Å². The fourth-order valence-electron chi connectivity index (χ4n) is 2.50. The van der Waals surface area contributed by atoms with E-state index in [-0.39, 0.29) is 12.0 Å². The lowest BCUT2D eigenvalue weighted by Gasteiger charge is -2.11. The Morgan fingerprint density at radius 2 is 1.96 bits per heavy atom. The molecule has 0 radical (unpaired) electrons. The highest BCUT2D eigenvalue weighted by molar-refractivity contribution is 6.04. The summed E-state index contributed by atoms with van der Waals surface area (Å²) in [5.41, 5.74) is 1.75. The minimum Gasteiger partial charge on any atom is -0.491 e. The van der Waals surface area contributed by atoms with Crippen LogP contribution in [0.3, 0.4) is 0 Å². The topological polar surface area (TPSA) is 71.4 Å². The van der Waals surface area contributed by atoms with E-state index in [0.29, 0.717) is 23.4 Å². The van der Waals surface area contributed by atoms with Crippen molar-refractivity contribution in [1.82, 2.24) is 0 Å². The summed E-state index contributed by atoms with van der Waals surface area (Å²) in [6.45, 7) is 1.35. The molecule has 2 aromatic rings. The molecule has 122 valence electrons. The summed E-state index contributed by atoms with van der Waals surface area (Å²) in [6.07, 6.45) is 2.29. The Morgan fingerprint density at radius 1 is 1.21 bits per heavy atom. The van der Waals surface area contributed by atoms with Gasteiger partial charge in [0, 0.05) is 17.9 Å². The van der Waals surface area contributed by atoms with E-state index in [1.54, 1.807) is 48.5 Å². The van der Waals surface area contributed by atoms with E-state index in [4.69, 9.17) is 14.7 Å². The molecule has 1 aliphatic rings. The molecule has 1 fully saturated rings. The number of carbonyl (C=O) groups excluding carboxylic acids is 1. The Labute approximate surface area is 140 Å². The van der Waals surface area contributed by atoms with Crippen LogP contribution < -0.4 is 10.1 Å². The fourth-order valence-corrected chi connectivity index (χ4v) is 2.50. The highest BCUT2D eigenvalue weighted by Crippen LogP contribution is 2.17. The number of nitrogens with one attached hydrogen (secondary N) is 1. The van der Waals surface area contributed by atoms with E-state index >= 15 is 0 Å². The highest BCUT2D eigenvalue weighted by atomic mass is 16.5. The average molecular weight is 322 g/mol. The number of hydrogen-bond acceptors (Lipinski definition) is 4. The SMILES string of the molecule is N#Cc1ccc(NC(=O)c2ccc(OCC3CCCO3)cc2)cc1. The molecule has 0 saturated carbocycles. The molecule has 5 nitrogen and oxygen atoms in total. The predicted octanol–water partition coefficient (Wildman–Crippen LogP) is 3.37. The maximum Gasteiger partial charge on any atom is 0.255 e. The summed E-state index contributed by atoms with van der Waals surface area (Å²) in [5.74, 6) is 0.519. The van der Waals surface area contributed by atoms with Crippen molar-refractivity contribution in [3.63, 3.8) is 0 Å². The maximum absolute atomic E-state index is 12.2.